The minimum atomic E-state index is -0.533. The minimum Gasteiger partial charge on any atom is -0.389 e. The van der Waals surface area contributed by atoms with Crippen LogP contribution in [0.15, 0.2) is 24.3 Å². The van der Waals surface area contributed by atoms with Crippen LogP contribution in [0.3, 0.4) is 0 Å². The molecular weight excluding hydrogens is 278 g/mol. The number of carbonyl (C=O) groups excluding carboxylic acids is 2. The Hall–Kier alpha value is -1.99. The zero-order valence-corrected chi connectivity index (χ0v) is 11.7. The number of benzene rings is 1. The quantitative estimate of drug-likeness (QED) is 0.442. The molecular formula is C13H17N3O3S. The van der Waals surface area contributed by atoms with Gasteiger partial charge >= 0.3 is 0 Å². The molecule has 0 aliphatic carbocycles. The van der Waals surface area contributed by atoms with Crippen molar-refractivity contribution in [1.82, 2.24) is 5.32 Å². The lowest BCUT2D eigenvalue weighted by Gasteiger charge is -2.06. The van der Waals surface area contributed by atoms with Crippen LogP contribution in [0.25, 0.3) is 0 Å². The zero-order chi connectivity index (χ0) is 15.0. The normalized spacial score (nSPS) is 10.0. The topological polar surface area (TPSA) is 107 Å². The Morgan fingerprint density at radius 3 is 2.40 bits per heavy atom. The van der Waals surface area contributed by atoms with E-state index in [4.69, 9.17) is 28.4 Å². The van der Waals surface area contributed by atoms with Crippen molar-refractivity contribution in [3.05, 3.63) is 35.4 Å². The molecule has 5 N–H and O–H groups in total. The van der Waals surface area contributed by atoms with Crippen molar-refractivity contribution in [3.63, 3.8) is 0 Å². The van der Waals surface area contributed by atoms with Gasteiger partial charge in [0.1, 0.15) is 11.6 Å². The average Bonchev–Trinajstić information content (AvgIpc) is 2.38. The third kappa shape index (κ3) is 6.26. The molecule has 0 saturated carbocycles. The van der Waals surface area contributed by atoms with E-state index >= 15 is 0 Å². The van der Waals surface area contributed by atoms with Crippen molar-refractivity contribution in [2.45, 2.75) is 6.42 Å². The summed E-state index contributed by atoms with van der Waals surface area (Å²) in [6.07, 6.45) is 0.257. The first-order valence-corrected chi connectivity index (χ1v) is 6.41. The van der Waals surface area contributed by atoms with Gasteiger partial charge in [-0.2, -0.15) is 0 Å². The van der Waals surface area contributed by atoms with Crippen molar-refractivity contribution >= 4 is 29.0 Å². The zero-order valence-electron chi connectivity index (χ0n) is 10.9. The van der Waals surface area contributed by atoms with E-state index in [1.165, 1.54) is 0 Å². The van der Waals surface area contributed by atoms with E-state index in [1.54, 1.807) is 24.3 Å². The number of hydrogen-bond acceptors (Lipinski definition) is 4. The molecule has 1 aromatic carbocycles. The van der Waals surface area contributed by atoms with E-state index in [2.05, 4.69) is 5.32 Å². The summed E-state index contributed by atoms with van der Waals surface area (Å²) in [7, 11) is 0. The van der Waals surface area contributed by atoms with Crippen LogP contribution in [0.4, 0.5) is 0 Å². The maximum Gasteiger partial charge on any atom is 0.243 e. The van der Waals surface area contributed by atoms with E-state index in [0.717, 1.165) is 11.1 Å². The second-order valence-electron chi connectivity index (χ2n) is 4.11. The monoisotopic (exact) mass is 295 g/mol. The molecule has 0 fully saturated rings. The Morgan fingerprint density at radius 1 is 1.20 bits per heavy atom. The van der Waals surface area contributed by atoms with Gasteiger partial charge in [0.05, 0.1) is 13.0 Å². The second kappa shape index (κ2) is 8.23. The highest BCUT2D eigenvalue weighted by molar-refractivity contribution is 7.80. The number of thiocarbonyl (C=S) groups is 1. The molecule has 0 aliphatic rings. The molecule has 1 aromatic rings. The number of ether oxygens (including phenoxy) is 1. The Balaban J connectivity index is 2.28. The first-order valence-electron chi connectivity index (χ1n) is 6.00. The third-order valence-corrected chi connectivity index (χ3v) is 2.65. The number of primary amides is 1. The summed E-state index contributed by atoms with van der Waals surface area (Å²) >= 11 is 4.85. The summed E-state index contributed by atoms with van der Waals surface area (Å²) in [6, 6.07) is 7.16. The molecule has 108 valence electrons. The van der Waals surface area contributed by atoms with E-state index in [9.17, 15) is 9.59 Å². The molecule has 0 spiro atoms. The maximum atomic E-state index is 11.6. The van der Waals surface area contributed by atoms with Gasteiger partial charge in [-0.3, -0.25) is 9.59 Å². The Bertz CT molecular complexity index is 488. The highest BCUT2D eigenvalue weighted by Gasteiger charge is 2.04. The lowest BCUT2D eigenvalue weighted by atomic mass is 10.1. The van der Waals surface area contributed by atoms with Crippen LogP contribution in [-0.2, 0) is 20.7 Å². The summed E-state index contributed by atoms with van der Waals surface area (Å²) in [4.78, 5) is 22.4. The highest BCUT2D eigenvalue weighted by Crippen LogP contribution is 2.05. The van der Waals surface area contributed by atoms with Crippen LogP contribution in [0, 0.1) is 0 Å². The fourth-order valence-electron chi connectivity index (χ4n) is 1.47. The van der Waals surface area contributed by atoms with Crippen LogP contribution in [0.5, 0.6) is 0 Å². The molecule has 0 atom stereocenters. The van der Waals surface area contributed by atoms with Gasteiger partial charge < -0.3 is 21.5 Å². The second-order valence-corrected chi connectivity index (χ2v) is 4.55. The Kier molecular flexibility index (Phi) is 6.61. The van der Waals surface area contributed by atoms with Crippen LogP contribution in [-0.4, -0.2) is 36.6 Å². The first-order chi connectivity index (χ1) is 9.49. The van der Waals surface area contributed by atoms with Gasteiger partial charge in [0.25, 0.3) is 0 Å². The molecule has 0 aliphatic heterocycles. The van der Waals surface area contributed by atoms with Crippen molar-refractivity contribution in [3.8, 4) is 0 Å². The maximum absolute atomic E-state index is 11.6. The predicted molar refractivity (Wildman–Crippen MR) is 79.1 cm³/mol. The number of nitrogens with two attached hydrogens (primary N) is 2. The highest BCUT2D eigenvalue weighted by atomic mass is 32.1. The summed E-state index contributed by atoms with van der Waals surface area (Å²) in [5.41, 5.74) is 12.0. The fraction of sp³-hybridized carbons (Fsp3) is 0.308. The van der Waals surface area contributed by atoms with Crippen molar-refractivity contribution in [2.75, 3.05) is 19.8 Å². The summed E-state index contributed by atoms with van der Waals surface area (Å²) in [5, 5.41) is 2.68. The lowest BCUT2D eigenvalue weighted by Crippen LogP contribution is -2.29. The SMILES string of the molecule is NC(=O)COCCNC(=O)Cc1ccc(C(N)=S)cc1. The molecule has 2 amide bonds. The molecule has 7 heteroatoms. The van der Waals surface area contributed by atoms with Crippen molar-refractivity contribution in [1.29, 1.82) is 0 Å². The van der Waals surface area contributed by atoms with Crippen LogP contribution in [0.2, 0.25) is 0 Å². The van der Waals surface area contributed by atoms with Gasteiger partial charge in [-0.1, -0.05) is 36.5 Å². The van der Waals surface area contributed by atoms with Crippen molar-refractivity contribution < 1.29 is 14.3 Å². The molecule has 0 unspecified atom stereocenters. The number of carbonyl (C=O) groups is 2. The van der Waals surface area contributed by atoms with Crippen LogP contribution in [0.1, 0.15) is 11.1 Å². The largest absolute Gasteiger partial charge is 0.389 e. The summed E-state index contributed by atoms with van der Waals surface area (Å²) in [6.45, 7) is 0.433. The average molecular weight is 295 g/mol. The van der Waals surface area contributed by atoms with Crippen molar-refractivity contribution in [2.24, 2.45) is 11.5 Å². The van der Waals surface area contributed by atoms with E-state index in [0.29, 0.717) is 11.5 Å². The van der Waals surface area contributed by atoms with E-state index in [-0.39, 0.29) is 25.5 Å². The molecule has 0 radical (unpaired) electrons. The fourth-order valence-corrected chi connectivity index (χ4v) is 1.61. The van der Waals surface area contributed by atoms with Crippen LogP contribution >= 0.6 is 12.2 Å². The molecule has 0 bridgehead atoms. The molecule has 6 nitrogen and oxygen atoms in total. The molecule has 20 heavy (non-hydrogen) atoms. The summed E-state index contributed by atoms with van der Waals surface area (Å²) < 4.78 is 4.92. The molecule has 0 saturated heterocycles. The van der Waals surface area contributed by atoms with Gasteiger partial charge in [-0.15, -0.1) is 0 Å². The predicted octanol–water partition coefficient (Wildman–Crippen LogP) is -0.519. The smallest absolute Gasteiger partial charge is 0.243 e. The third-order valence-electron chi connectivity index (χ3n) is 2.42. The molecule has 1 rings (SSSR count). The molecule has 0 aromatic heterocycles. The number of nitrogens with one attached hydrogen (secondary N) is 1. The minimum absolute atomic E-state index is 0.129. The Morgan fingerprint density at radius 2 is 1.85 bits per heavy atom. The Labute approximate surface area is 122 Å². The van der Waals surface area contributed by atoms with Gasteiger partial charge in [0.2, 0.25) is 11.8 Å². The number of amides is 2. The van der Waals surface area contributed by atoms with Gasteiger partial charge in [-0.25, -0.2) is 0 Å². The van der Waals surface area contributed by atoms with Gasteiger partial charge in [0, 0.05) is 12.1 Å². The standard InChI is InChI=1S/C13H17N3O3S/c14-11(17)8-19-6-5-16-12(18)7-9-1-3-10(4-2-9)13(15)20/h1-4H,5-8H2,(H2,14,17)(H2,15,20)(H,16,18). The van der Waals surface area contributed by atoms with Crippen LogP contribution < -0.4 is 16.8 Å². The number of rotatable bonds is 8. The van der Waals surface area contributed by atoms with Gasteiger partial charge in [-0.05, 0) is 5.56 Å². The van der Waals surface area contributed by atoms with E-state index < -0.39 is 5.91 Å². The summed E-state index contributed by atoms with van der Waals surface area (Å²) in [5.74, 6) is -0.662. The lowest BCUT2D eigenvalue weighted by molar-refractivity contribution is -0.122. The van der Waals surface area contributed by atoms with Gasteiger partial charge in [0.15, 0.2) is 0 Å². The number of hydrogen-bond donors (Lipinski definition) is 3. The van der Waals surface area contributed by atoms with E-state index in [1.807, 2.05) is 0 Å². The molecule has 0 heterocycles. The first kappa shape index (κ1) is 16.1.